The average Bonchev–Trinajstić information content (AvgIpc) is 2.96. The van der Waals surface area contributed by atoms with Crippen LogP contribution in [0.25, 0.3) is 0 Å². The first-order chi connectivity index (χ1) is 9.61. The van der Waals surface area contributed by atoms with Crippen molar-refractivity contribution in [3.63, 3.8) is 0 Å². The zero-order valence-corrected chi connectivity index (χ0v) is 12.9. The van der Waals surface area contributed by atoms with Crippen molar-refractivity contribution in [1.82, 2.24) is 14.8 Å². The number of thiazole rings is 1. The summed E-state index contributed by atoms with van der Waals surface area (Å²) in [5, 5.41) is 9.75. The Morgan fingerprint density at radius 3 is 3.05 bits per heavy atom. The Balaban J connectivity index is 2.14. The molecular formula is C11H11BrN4O3S. The molecule has 0 saturated carbocycles. The number of nitrogens with zero attached hydrogens (tertiary/aromatic N) is 3. The van der Waals surface area contributed by atoms with Crippen molar-refractivity contribution in [2.75, 3.05) is 12.4 Å². The summed E-state index contributed by atoms with van der Waals surface area (Å²) in [6.07, 6.45) is 3.19. The van der Waals surface area contributed by atoms with Crippen molar-refractivity contribution >= 4 is 38.9 Å². The summed E-state index contributed by atoms with van der Waals surface area (Å²) in [5.74, 6) is -0.532. The molecule has 106 valence electrons. The molecule has 1 N–H and O–H groups in total. The summed E-state index contributed by atoms with van der Waals surface area (Å²) in [6.45, 7) is 0.277. The third kappa shape index (κ3) is 3.42. The number of rotatable bonds is 5. The number of carbonyl (C=O) groups excluding carboxylic acids is 1. The topological polar surface area (TPSA) is 86.1 Å². The van der Waals surface area contributed by atoms with E-state index in [9.17, 15) is 9.59 Å². The fourth-order valence-electron chi connectivity index (χ4n) is 1.40. The summed E-state index contributed by atoms with van der Waals surface area (Å²) in [5.41, 5.74) is 0.144. The van der Waals surface area contributed by atoms with Crippen LogP contribution in [-0.2, 0) is 22.6 Å². The first-order valence-corrected chi connectivity index (χ1v) is 7.23. The Kier molecular flexibility index (Phi) is 4.85. The fraction of sp³-hybridized carbons (Fsp3) is 0.273. The summed E-state index contributed by atoms with van der Waals surface area (Å²) in [6, 6.07) is 0. The predicted octanol–water partition coefficient (Wildman–Crippen LogP) is 1.25. The quantitative estimate of drug-likeness (QED) is 0.809. The standard InChI is InChI=1S/C11H11BrN4O3S/c1-19-9(17)6-16-11(18)10(12)7(4-15-16)14-5-8-13-2-3-20-8/h2-4,14H,5-6H2,1H3. The van der Waals surface area contributed by atoms with Gasteiger partial charge in [-0.05, 0) is 15.9 Å². The minimum absolute atomic E-state index is 0.222. The highest BCUT2D eigenvalue weighted by Gasteiger charge is 2.11. The molecule has 0 aliphatic carbocycles. The van der Waals surface area contributed by atoms with Gasteiger partial charge in [0.25, 0.3) is 5.56 Å². The maximum Gasteiger partial charge on any atom is 0.327 e. The van der Waals surface area contributed by atoms with Crippen molar-refractivity contribution in [2.24, 2.45) is 0 Å². The predicted molar refractivity (Wildman–Crippen MR) is 77.7 cm³/mol. The molecule has 0 spiro atoms. The highest BCUT2D eigenvalue weighted by molar-refractivity contribution is 9.10. The molecule has 2 rings (SSSR count). The molecule has 0 aliphatic rings. The van der Waals surface area contributed by atoms with E-state index in [2.05, 4.69) is 36.1 Å². The molecule has 2 aromatic heterocycles. The molecule has 0 saturated heterocycles. The summed E-state index contributed by atoms with van der Waals surface area (Å²) >= 11 is 4.72. The lowest BCUT2D eigenvalue weighted by Crippen LogP contribution is -2.28. The number of ether oxygens (including phenoxy) is 1. The SMILES string of the molecule is COC(=O)Cn1ncc(NCc2nccs2)c(Br)c1=O. The third-order valence-corrected chi connectivity index (χ3v) is 3.95. The van der Waals surface area contributed by atoms with Gasteiger partial charge in [-0.3, -0.25) is 9.59 Å². The lowest BCUT2D eigenvalue weighted by Gasteiger charge is -2.08. The number of anilines is 1. The van der Waals surface area contributed by atoms with Gasteiger partial charge in [0.15, 0.2) is 0 Å². The van der Waals surface area contributed by atoms with E-state index >= 15 is 0 Å². The van der Waals surface area contributed by atoms with Gasteiger partial charge in [0.05, 0.1) is 25.5 Å². The number of nitrogens with one attached hydrogen (secondary N) is 1. The highest BCUT2D eigenvalue weighted by atomic mass is 79.9. The van der Waals surface area contributed by atoms with Gasteiger partial charge in [-0.1, -0.05) is 0 Å². The Bertz CT molecular complexity index is 656. The van der Waals surface area contributed by atoms with Gasteiger partial charge in [-0.15, -0.1) is 11.3 Å². The highest BCUT2D eigenvalue weighted by Crippen LogP contribution is 2.17. The van der Waals surface area contributed by atoms with Crippen LogP contribution in [0, 0.1) is 0 Å². The summed E-state index contributed by atoms with van der Waals surface area (Å²) in [7, 11) is 1.26. The molecule has 0 fully saturated rings. The van der Waals surface area contributed by atoms with E-state index < -0.39 is 11.5 Å². The number of esters is 1. The van der Waals surface area contributed by atoms with Gasteiger partial charge in [-0.2, -0.15) is 5.10 Å². The molecule has 2 aromatic rings. The van der Waals surface area contributed by atoms with E-state index in [1.165, 1.54) is 24.6 Å². The maximum atomic E-state index is 12.0. The minimum Gasteiger partial charge on any atom is -0.468 e. The second kappa shape index (κ2) is 6.62. The number of hydrogen-bond acceptors (Lipinski definition) is 7. The van der Waals surface area contributed by atoms with Crippen LogP contribution in [0.15, 0.2) is 27.0 Å². The second-order valence-corrected chi connectivity index (χ2v) is 5.46. The van der Waals surface area contributed by atoms with Crippen LogP contribution < -0.4 is 10.9 Å². The van der Waals surface area contributed by atoms with Gasteiger partial charge in [0, 0.05) is 11.6 Å². The number of halogens is 1. The Labute approximate surface area is 126 Å². The van der Waals surface area contributed by atoms with Crippen LogP contribution in [0.2, 0.25) is 0 Å². The van der Waals surface area contributed by atoms with Crippen molar-refractivity contribution in [2.45, 2.75) is 13.1 Å². The van der Waals surface area contributed by atoms with Crippen LogP contribution in [-0.4, -0.2) is 27.8 Å². The van der Waals surface area contributed by atoms with Crippen LogP contribution in [0.5, 0.6) is 0 Å². The fourth-order valence-corrected chi connectivity index (χ4v) is 2.40. The molecule has 0 atom stereocenters. The second-order valence-electron chi connectivity index (χ2n) is 3.69. The molecule has 0 amide bonds. The molecular weight excluding hydrogens is 348 g/mol. The average molecular weight is 359 g/mol. The van der Waals surface area contributed by atoms with Gasteiger partial charge in [0.2, 0.25) is 0 Å². The van der Waals surface area contributed by atoms with Gasteiger partial charge < -0.3 is 10.1 Å². The van der Waals surface area contributed by atoms with E-state index in [0.29, 0.717) is 16.7 Å². The van der Waals surface area contributed by atoms with Gasteiger partial charge >= 0.3 is 5.97 Å². The molecule has 20 heavy (non-hydrogen) atoms. The van der Waals surface area contributed by atoms with Crippen molar-refractivity contribution in [3.05, 3.63) is 37.6 Å². The van der Waals surface area contributed by atoms with Crippen LogP contribution in [0.4, 0.5) is 5.69 Å². The normalized spacial score (nSPS) is 10.3. The summed E-state index contributed by atoms with van der Waals surface area (Å²) < 4.78 is 5.84. The minimum atomic E-state index is -0.532. The molecule has 0 aliphatic heterocycles. The largest absolute Gasteiger partial charge is 0.468 e. The molecule has 7 nitrogen and oxygen atoms in total. The van der Waals surface area contributed by atoms with E-state index in [4.69, 9.17) is 0 Å². The summed E-state index contributed by atoms with van der Waals surface area (Å²) in [4.78, 5) is 27.3. The first-order valence-electron chi connectivity index (χ1n) is 5.56. The van der Waals surface area contributed by atoms with Crippen molar-refractivity contribution in [1.29, 1.82) is 0 Å². The monoisotopic (exact) mass is 358 g/mol. The van der Waals surface area contributed by atoms with E-state index in [1.54, 1.807) is 6.20 Å². The molecule has 9 heteroatoms. The molecule has 0 aromatic carbocycles. The van der Waals surface area contributed by atoms with Crippen LogP contribution in [0.1, 0.15) is 5.01 Å². The Hall–Kier alpha value is -1.74. The number of carbonyl (C=O) groups is 1. The van der Waals surface area contributed by atoms with E-state index in [0.717, 1.165) is 9.69 Å². The molecule has 2 heterocycles. The van der Waals surface area contributed by atoms with Crippen molar-refractivity contribution in [3.8, 4) is 0 Å². The van der Waals surface area contributed by atoms with Crippen molar-refractivity contribution < 1.29 is 9.53 Å². The molecule has 0 radical (unpaired) electrons. The molecule has 0 bridgehead atoms. The first kappa shape index (κ1) is 14.7. The lowest BCUT2D eigenvalue weighted by atomic mass is 10.4. The Morgan fingerprint density at radius 1 is 1.60 bits per heavy atom. The number of hydrogen-bond donors (Lipinski definition) is 1. The maximum absolute atomic E-state index is 12.0. The Morgan fingerprint density at radius 2 is 2.40 bits per heavy atom. The van der Waals surface area contributed by atoms with E-state index in [1.807, 2.05) is 5.38 Å². The van der Waals surface area contributed by atoms with Gasteiger partial charge in [-0.25, -0.2) is 9.67 Å². The zero-order chi connectivity index (χ0) is 14.5. The van der Waals surface area contributed by atoms with Crippen LogP contribution >= 0.6 is 27.3 Å². The van der Waals surface area contributed by atoms with Gasteiger partial charge in [0.1, 0.15) is 16.0 Å². The zero-order valence-electron chi connectivity index (χ0n) is 10.5. The third-order valence-electron chi connectivity index (χ3n) is 2.40. The molecule has 0 unspecified atom stereocenters. The lowest BCUT2D eigenvalue weighted by molar-refractivity contribution is -0.141. The van der Waals surface area contributed by atoms with Crippen LogP contribution in [0.3, 0.4) is 0 Å². The van der Waals surface area contributed by atoms with E-state index in [-0.39, 0.29) is 6.54 Å². The number of aromatic nitrogens is 3. The smallest absolute Gasteiger partial charge is 0.327 e. The number of methoxy groups -OCH3 is 1.